The lowest BCUT2D eigenvalue weighted by Crippen LogP contribution is -2.35. The van der Waals surface area contributed by atoms with Gasteiger partial charge in [0.1, 0.15) is 0 Å². The zero-order valence-electron chi connectivity index (χ0n) is 12.9. The van der Waals surface area contributed by atoms with Crippen LogP contribution in [0.15, 0.2) is 54.6 Å². The zero-order chi connectivity index (χ0) is 16.9. The maximum absolute atomic E-state index is 12.0. The van der Waals surface area contributed by atoms with E-state index >= 15 is 0 Å². The van der Waals surface area contributed by atoms with E-state index < -0.39 is 11.7 Å². The molecule has 0 aromatic heterocycles. The van der Waals surface area contributed by atoms with Crippen LogP contribution in [0.5, 0.6) is 0 Å². The molecule has 0 bridgehead atoms. The van der Waals surface area contributed by atoms with Crippen molar-refractivity contribution in [3.63, 3.8) is 0 Å². The van der Waals surface area contributed by atoms with Crippen LogP contribution in [0.1, 0.15) is 30.6 Å². The molecule has 0 saturated heterocycles. The predicted octanol–water partition coefficient (Wildman–Crippen LogP) is 2.79. The minimum atomic E-state index is -1.26. The first-order valence-electron chi connectivity index (χ1n) is 7.37. The highest BCUT2D eigenvalue weighted by molar-refractivity contribution is 6.31. The number of carbonyl (C=O) groups is 1. The van der Waals surface area contributed by atoms with Crippen molar-refractivity contribution in [1.29, 1.82) is 0 Å². The summed E-state index contributed by atoms with van der Waals surface area (Å²) in [7, 11) is 0. The third-order valence-corrected chi connectivity index (χ3v) is 4.00. The fraction of sp³-hybridized carbons (Fsp3) is 0.278. The van der Waals surface area contributed by atoms with Crippen LogP contribution in [0.2, 0.25) is 5.02 Å². The Balaban J connectivity index is 1.91. The monoisotopic (exact) mass is 333 g/mol. The van der Waals surface area contributed by atoms with Crippen LogP contribution in [-0.2, 0) is 10.4 Å². The molecule has 4 nitrogen and oxygen atoms in total. The second-order valence-electron chi connectivity index (χ2n) is 5.66. The summed E-state index contributed by atoms with van der Waals surface area (Å²) in [6.45, 7) is 1.62. The van der Waals surface area contributed by atoms with E-state index in [1.807, 2.05) is 18.2 Å². The van der Waals surface area contributed by atoms with Gasteiger partial charge in [-0.05, 0) is 18.6 Å². The van der Waals surface area contributed by atoms with Crippen molar-refractivity contribution in [2.45, 2.75) is 25.0 Å². The van der Waals surface area contributed by atoms with Gasteiger partial charge in [-0.15, -0.1) is 0 Å². The fourth-order valence-corrected chi connectivity index (χ4v) is 2.60. The first-order valence-corrected chi connectivity index (χ1v) is 7.75. The zero-order valence-corrected chi connectivity index (χ0v) is 13.6. The second-order valence-corrected chi connectivity index (χ2v) is 6.07. The average Bonchev–Trinajstić information content (AvgIpc) is 2.53. The van der Waals surface area contributed by atoms with Crippen LogP contribution >= 0.6 is 11.6 Å². The number of amides is 1. The quantitative estimate of drug-likeness (QED) is 0.761. The Morgan fingerprint density at radius 3 is 2.43 bits per heavy atom. The van der Waals surface area contributed by atoms with Gasteiger partial charge in [0.15, 0.2) is 0 Å². The lowest BCUT2D eigenvalue weighted by Gasteiger charge is -2.23. The number of carbonyl (C=O) groups excluding carboxylic acids is 1. The molecule has 0 aliphatic rings. The Morgan fingerprint density at radius 2 is 1.78 bits per heavy atom. The Kier molecular flexibility index (Phi) is 5.77. The SMILES string of the molecule is C[C@@](O)(CC(=O)NC[C@@H](O)c1ccccc1Cl)c1ccccc1. The lowest BCUT2D eigenvalue weighted by atomic mass is 9.92. The number of nitrogens with one attached hydrogen (secondary N) is 1. The topological polar surface area (TPSA) is 69.6 Å². The molecule has 2 rings (SSSR count). The lowest BCUT2D eigenvalue weighted by molar-refractivity contribution is -0.126. The van der Waals surface area contributed by atoms with Crippen molar-refractivity contribution in [2.24, 2.45) is 0 Å². The Morgan fingerprint density at radius 1 is 1.17 bits per heavy atom. The van der Waals surface area contributed by atoms with E-state index in [9.17, 15) is 15.0 Å². The molecule has 0 fully saturated rings. The number of hydrogen-bond donors (Lipinski definition) is 3. The maximum atomic E-state index is 12.0. The summed E-state index contributed by atoms with van der Waals surface area (Å²) >= 11 is 6.01. The number of halogens is 1. The molecule has 0 aliphatic heterocycles. The summed E-state index contributed by atoms with van der Waals surface area (Å²) in [6.07, 6.45) is -0.985. The molecule has 0 aliphatic carbocycles. The van der Waals surface area contributed by atoms with Gasteiger partial charge in [0, 0.05) is 17.1 Å². The largest absolute Gasteiger partial charge is 0.387 e. The smallest absolute Gasteiger partial charge is 0.223 e. The number of aliphatic hydroxyl groups is 2. The Labute approximate surface area is 140 Å². The van der Waals surface area contributed by atoms with E-state index in [2.05, 4.69) is 5.32 Å². The van der Waals surface area contributed by atoms with Crippen molar-refractivity contribution in [3.8, 4) is 0 Å². The highest BCUT2D eigenvalue weighted by atomic mass is 35.5. The standard InChI is InChI=1S/C18H20ClNO3/c1-18(23,13-7-3-2-4-8-13)11-17(22)20-12-16(21)14-9-5-6-10-15(14)19/h2-10,16,21,23H,11-12H2,1H3,(H,20,22)/t16-,18-/m1/s1. The molecule has 23 heavy (non-hydrogen) atoms. The van der Waals surface area contributed by atoms with Crippen LogP contribution in [-0.4, -0.2) is 22.7 Å². The summed E-state index contributed by atoms with van der Waals surface area (Å²) in [6, 6.07) is 15.9. The van der Waals surface area contributed by atoms with Crippen LogP contribution in [0, 0.1) is 0 Å². The van der Waals surface area contributed by atoms with Gasteiger partial charge in [-0.3, -0.25) is 4.79 Å². The van der Waals surface area contributed by atoms with Crippen LogP contribution in [0.3, 0.4) is 0 Å². The third kappa shape index (κ3) is 4.79. The minimum absolute atomic E-state index is 0.0352. The van der Waals surface area contributed by atoms with Gasteiger partial charge in [0.05, 0.1) is 18.1 Å². The van der Waals surface area contributed by atoms with Crippen molar-refractivity contribution in [2.75, 3.05) is 6.54 Å². The van der Waals surface area contributed by atoms with Gasteiger partial charge >= 0.3 is 0 Å². The molecule has 5 heteroatoms. The van der Waals surface area contributed by atoms with Crippen molar-refractivity contribution in [1.82, 2.24) is 5.32 Å². The molecule has 2 aromatic carbocycles. The number of hydrogen-bond acceptors (Lipinski definition) is 3. The van der Waals surface area contributed by atoms with Gasteiger partial charge in [-0.1, -0.05) is 60.1 Å². The van der Waals surface area contributed by atoms with E-state index in [0.717, 1.165) is 0 Å². The minimum Gasteiger partial charge on any atom is -0.387 e. The molecule has 2 aromatic rings. The second kappa shape index (κ2) is 7.59. The molecule has 0 spiro atoms. The summed E-state index contributed by atoms with van der Waals surface area (Å²) in [4.78, 5) is 12.0. The normalized spacial score (nSPS) is 14.8. The van der Waals surface area contributed by atoms with Crippen LogP contribution < -0.4 is 5.32 Å². The molecule has 3 N–H and O–H groups in total. The van der Waals surface area contributed by atoms with Crippen molar-refractivity contribution >= 4 is 17.5 Å². The third-order valence-electron chi connectivity index (χ3n) is 3.66. The van der Waals surface area contributed by atoms with Crippen LogP contribution in [0.4, 0.5) is 0 Å². The van der Waals surface area contributed by atoms with Crippen molar-refractivity contribution < 1.29 is 15.0 Å². The molecule has 2 atom stereocenters. The van der Waals surface area contributed by atoms with E-state index in [1.165, 1.54) is 0 Å². The molecule has 0 heterocycles. The van der Waals surface area contributed by atoms with E-state index in [-0.39, 0.29) is 18.9 Å². The highest BCUT2D eigenvalue weighted by Crippen LogP contribution is 2.25. The van der Waals surface area contributed by atoms with Gasteiger partial charge in [-0.2, -0.15) is 0 Å². The molecular formula is C18H20ClNO3. The van der Waals surface area contributed by atoms with Gasteiger partial charge in [0.2, 0.25) is 5.91 Å². The number of rotatable bonds is 6. The first-order chi connectivity index (χ1) is 10.9. The molecular weight excluding hydrogens is 314 g/mol. The van der Waals surface area contributed by atoms with Crippen LogP contribution in [0.25, 0.3) is 0 Å². The van der Waals surface area contributed by atoms with Gasteiger partial charge < -0.3 is 15.5 Å². The fourth-order valence-electron chi connectivity index (χ4n) is 2.34. The molecule has 0 saturated carbocycles. The molecule has 0 radical (unpaired) electrons. The number of benzene rings is 2. The Bertz CT molecular complexity index is 658. The van der Waals surface area contributed by atoms with Crippen molar-refractivity contribution in [3.05, 3.63) is 70.7 Å². The van der Waals surface area contributed by atoms with E-state index in [1.54, 1.807) is 43.3 Å². The summed E-state index contributed by atoms with van der Waals surface area (Å²) in [5, 5.41) is 23.6. The Hall–Kier alpha value is -1.88. The molecule has 1 amide bonds. The van der Waals surface area contributed by atoms with E-state index in [4.69, 9.17) is 11.6 Å². The maximum Gasteiger partial charge on any atom is 0.223 e. The first kappa shape index (κ1) is 17.5. The highest BCUT2D eigenvalue weighted by Gasteiger charge is 2.26. The van der Waals surface area contributed by atoms with Gasteiger partial charge in [0.25, 0.3) is 0 Å². The molecule has 0 unspecified atom stereocenters. The molecule has 122 valence electrons. The number of aliphatic hydroxyl groups excluding tert-OH is 1. The summed E-state index contributed by atoms with van der Waals surface area (Å²) < 4.78 is 0. The van der Waals surface area contributed by atoms with E-state index in [0.29, 0.717) is 16.1 Å². The summed E-state index contributed by atoms with van der Waals surface area (Å²) in [5.74, 6) is -0.343. The predicted molar refractivity (Wildman–Crippen MR) is 90.1 cm³/mol. The average molecular weight is 334 g/mol. The van der Waals surface area contributed by atoms with Gasteiger partial charge in [-0.25, -0.2) is 0 Å². The summed E-state index contributed by atoms with van der Waals surface area (Å²) in [5.41, 5.74) is -0.0353.